The van der Waals surface area contributed by atoms with E-state index in [0.717, 1.165) is 24.3 Å². The number of nitrogens with zero attached hydrogens (tertiary/aromatic N) is 1. The molecule has 0 aliphatic rings. The predicted octanol–water partition coefficient (Wildman–Crippen LogP) is 6.18. The van der Waals surface area contributed by atoms with Crippen LogP contribution < -0.4 is 14.8 Å². The third-order valence-electron chi connectivity index (χ3n) is 6.79. The topological polar surface area (TPSA) is 107 Å². The maximum Gasteiger partial charge on any atom is 0.417 e. The van der Waals surface area contributed by atoms with E-state index in [1.54, 1.807) is 12.1 Å². The number of nitrogens with one attached hydrogen (secondary N) is 1. The maximum atomic E-state index is 14.2. The Morgan fingerprint density at radius 3 is 2.18 bits per heavy atom. The molecule has 0 bridgehead atoms. The first kappa shape index (κ1) is 32.1. The van der Waals surface area contributed by atoms with E-state index in [4.69, 9.17) is 14.2 Å². The van der Waals surface area contributed by atoms with Gasteiger partial charge in [-0.3, -0.25) is 9.78 Å². The number of aromatic nitrogens is 1. The molecule has 1 heterocycles. The fourth-order valence-corrected chi connectivity index (χ4v) is 4.71. The number of carboxylic acids is 1. The van der Waals surface area contributed by atoms with E-state index in [1.807, 2.05) is 6.92 Å². The van der Waals surface area contributed by atoms with E-state index in [9.17, 15) is 36.6 Å². The summed E-state index contributed by atoms with van der Waals surface area (Å²) in [6, 6.07) is 8.02. The van der Waals surface area contributed by atoms with Gasteiger partial charge in [-0.1, -0.05) is 18.2 Å². The molecule has 1 amide bonds. The number of hydrogen-bond acceptors (Lipinski definition) is 6. The fourth-order valence-electron chi connectivity index (χ4n) is 4.71. The highest BCUT2D eigenvalue weighted by molar-refractivity contribution is 6.00. The highest BCUT2D eigenvalue weighted by atomic mass is 19.4. The second kappa shape index (κ2) is 13.2. The maximum absolute atomic E-state index is 14.2. The number of amides is 1. The summed E-state index contributed by atoms with van der Waals surface area (Å²) in [6.07, 6.45) is -4.68. The van der Waals surface area contributed by atoms with Crippen molar-refractivity contribution in [2.45, 2.75) is 32.2 Å². The van der Waals surface area contributed by atoms with Crippen LogP contribution in [0, 0.1) is 11.6 Å². The van der Waals surface area contributed by atoms with Gasteiger partial charge >= 0.3 is 12.1 Å². The van der Waals surface area contributed by atoms with Crippen LogP contribution in [0.5, 0.6) is 11.5 Å². The Hall–Kier alpha value is -4.78. The summed E-state index contributed by atoms with van der Waals surface area (Å²) in [4.78, 5) is 28.9. The highest BCUT2D eigenvalue weighted by Gasteiger charge is 2.33. The molecule has 232 valence electrons. The van der Waals surface area contributed by atoms with Gasteiger partial charge in [0.2, 0.25) is 0 Å². The minimum Gasteiger partial charge on any atom is -0.496 e. The number of ether oxygens (including phenoxy) is 3. The number of carboxylic acid groups (broad SMARTS) is 1. The summed E-state index contributed by atoms with van der Waals surface area (Å²) in [5, 5.41) is 11.8. The smallest absolute Gasteiger partial charge is 0.417 e. The zero-order valence-electron chi connectivity index (χ0n) is 23.7. The third-order valence-corrected chi connectivity index (χ3v) is 6.79. The summed E-state index contributed by atoms with van der Waals surface area (Å²) in [6.45, 7) is 2.53. The van der Waals surface area contributed by atoms with Gasteiger partial charge in [0.05, 0.1) is 37.5 Å². The lowest BCUT2D eigenvalue weighted by atomic mass is 9.93. The van der Waals surface area contributed by atoms with E-state index in [2.05, 4.69) is 10.3 Å². The Kier molecular flexibility index (Phi) is 9.68. The van der Waals surface area contributed by atoms with Crippen molar-refractivity contribution < 1.29 is 50.9 Å². The van der Waals surface area contributed by atoms with E-state index in [1.165, 1.54) is 26.4 Å². The molecule has 0 aliphatic heterocycles. The molecule has 1 aromatic heterocycles. The molecular weight excluding hydrogens is 591 g/mol. The molecule has 13 heteroatoms. The summed E-state index contributed by atoms with van der Waals surface area (Å²) < 4.78 is 86.3. The number of pyridine rings is 1. The van der Waals surface area contributed by atoms with Crippen LogP contribution in [-0.2, 0) is 28.7 Å². The minimum absolute atomic E-state index is 0.0558. The van der Waals surface area contributed by atoms with Gasteiger partial charge < -0.3 is 24.6 Å². The molecular formula is C31H27F5N2O6. The molecule has 2 N–H and O–H groups in total. The number of hydrogen-bond donors (Lipinski definition) is 2. The zero-order chi connectivity index (χ0) is 32.2. The number of rotatable bonds is 11. The summed E-state index contributed by atoms with van der Waals surface area (Å²) in [5.41, 5.74) is -0.569. The average Bonchev–Trinajstić information content (AvgIpc) is 2.98. The lowest BCUT2D eigenvalue weighted by molar-refractivity contribution is -0.139. The quantitative estimate of drug-likeness (QED) is 0.194. The van der Waals surface area contributed by atoms with Crippen molar-refractivity contribution >= 4 is 22.8 Å². The van der Waals surface area contributed by atoms with Crippen molar-refractivity contribution in [2.75, 3.05) is 20.8 Å². The molecule has 1 atom stereocenters. The first-order chi connectivity index (χ1) is 20.9. The molecule has 3 aromatic carbocycles. The second-order valence-electron chi connectivity index (χ2n) is 9.57. The van der Waals surface area contributed by atoms with Gasteiger partial charge in [-0.25, -0.2) is 13.6 Å². The van der Waals surface area contributed by atoms with Crippen molar-refractivity contribution in [3.63, 3.8) is 0 Å². The van der Waals surface area contributed by atoms with Gasteiger partial charge in [0.15, 0.2) is 0 Å². The SMILES string of the molecule is CCOCc1cc(OC)c(-c2ccc(CC(NC(=O)c3c(F)cccc3F)C(=O)O)c3cc(C(F)(F)F)cnc23)c(OC)c1. The molecule has 0 radical (unpaired) electrons. The summed E-state index contributed by atoms with van der Waals surface area (Å²) >= 11 is 0. The highest BCUT2D eigenvalue weighted by Crippen LogP contribution is 2.44. The van der Waals surface area contributed by atoms with Gasteiger partial charge in [0.25, 0.3) is 5.91 Å². The van der Waals surface area contributed by atoms with Crippen LogP contribution in [0.2, 0.25) is 0 Å². The van der Waals surface area contributed by atoms with Crippen LogP contribution in [0.4, 0.5) is 22.0 Å². The number of aliphatic carboxylic acids is 1. The number of benzene rings is 3. The fraction of sp³-hybridized carbons (Fsp3) is 0.258. The molecule has 0 saturated heterocycles. The van der Waals surface area contributed by atoms with Gasteiger partial charge in [0, 0.05) is 30.2 Å². The van der Waals surface area contributed by atoms with Crippen LogP contribution in [-0.4, -0.2) is 48.8 Å². The number of fused-ring (bicyclic) bond motifs is 1. The van der Waals surface area contributed by atoms with Crippen LogP contribution in [0.25, 0.3) is 22.0 Å². The van der Waals surface area contributed by atoms with E-state index in [-0.39, 0.29) is 23.1 Å². The monoisotopic (exact) mass is 618 g/mol. The largest absolute Gasteiger partial charge is 0.496 e. The lowest BCUT2D eigenvalue weighted by Gasteiger charge is -2.20. The number of methoxy groups -OCH3 is 2. The summed E-state index contributed by atoms with van der Waals surface area (Å²) in [7, 11) is 2.82. The standard InChI is InChI=1S/C31H27F5N2O6/c1-4-44-15-16-10-24(42-2)26(25(11-16)43-3)19-9-8-17(20-13-18(31(34,35)36)14-37-28(19)20)12-23(30(40)41)38-29(39)27-21(32)6-5-7-22(27)33/h5-11,13-14,23H,4,12,15H2,1-3H3,(H,38,39)(H,40,41). The van der Waals surface area contributed by atoms with Gasteiger partial charge in [-0.2, -0.15) is 13.2 Å². The van der Waals surface area contributed by atoms with Gasteiger partial charge in [0.1, 0.15) is 34.7 Å². The first-order valence-electron chi connectivity index (χ1n) is 13.2. The Morgan fingerprint density at radius 2 is 1.64 bits per heavy atom. The van der Waals surface area contributed by atoms with Crippen LogP contribution >= 0.6 is 0 Å². The molecule has 8 nitrogen and oxygen atoms in total. The van der Waals surface area contributed by atoms with Gasteiger partial charge in [-0.15, -0.1) is 0 Å². The molecule has 0 saturated carbocycles. The number of carbonyl (C=O) groups is 2. The van der Waals surface area contributed by atoms with Crippen LogP contribution in [0.3, 0.4) is 0 Å². The second-order valence-corrected chi connectivity index (χ2v) is 9.57. The van der Waals surface area contributed by atoms with E-state index in [0.29, 0.717) is 41.0 Å². The number of alkyl halides is 3. The van der Waals surface area contributed by atoms with Gasteiger partial charge in [-0.05, 0) is 48.4 Å². The van der Waals surface area contributed by atoms with Crippen molar-refractivity contribution in [1.82, 2.24) is 10.3 Å². The molecule has 0 spiro atoms. The molecule has 4 aromatic rings. The predicted molar refractivity (Wildman–Crippen MR) is 150 cm³/mol. The first-order valence-corrected chi connectivity index (χ1v) is 13.2. The normalized spacial score (nSPS) is 12.2. The summed E-state index contributed by atoms with van der Waals surface area (Å²) in [5.74, 6) is -4.72. The number of halogens is 5. The van der Waals surface area contributed by atoms with Crippen LogP contribution in [0.1, 0.15) is 34.0 Å². The lowest BCUT2D eigenvalue weighted by Crippen LogP contribution is -2.43. The van der Waals surface area contributed by atoms with Crippen molar-refractivity contribution in [2.24, 2.45) is 0 Å². The minimum atomic E-state index is -4.78. The van der Waals surface area contributed by atoms with Crippen LogP contribution in [0.15, 0.2) is 54.7 Å². The Bertz CT molecular complexity index is 1660. The third kappa shape index (κ3) is 6.72. The van der Waals surface area contributed by atoms with Crippen molar-refractivity contribution in [3.05, 3.63) is 88.6 Å². The molecule has 4 rings (SSSR count). The Balaban J connectivity index is 1.86. The number of carbonyl (C=O) groups excluding carboxylic acids is 1. The van der Waals surface area contributed by atoms with Crippen molar-refractivity contribution in [1.29, 1.82) is 0 Å². The molecule has 0 fully saturated rings. The van der Waals surface area contributed by atoms with E-state index < -0.39 is 53.3 Å². The van der Waals surface area contributed by atoms with Crippen molar-refractivity contribution in [3.8, 4) is 22.6 Å². The molecule has 44 heavy (non-hydrogen) atoms. The zero-order valence-corrected chi connectivity index (χ0v) is 23.7. The van der Waals surface area contributed by atoms with E-state index >= 15 is 0 Å². The molecule has 1 unspecified atom stereocenters. The Labute approximate surface area is 248 Å². The molecule has 0 aliphatic carbocycles. The Morgan fingerprint density at radius 1 is 1.00 bits per heavy atom. The average molecular weight is 619 g/mol.